The number of carbonyl (C=O) groups excluding carboxylic acids is 1. The summed E-state index contributed by atoms with van der Waals surface area (Å²) in [6.07, 6.45) is 1.08. The van der Waals surface area contributed by atoms with E-state index in [-0.39, 0.29) is 11.2 Å². The van der Waals surface area contributed by atoms with Crippen LogP contribution in [0.3, 0.4) is 0 Å². The van der Waals surface area contributed by atoms with Gasteiger partial charge in [-0.2, -0.15) is 10.4 Å². The summed E-state index contributed by atoms with van der Waals surface area (Å²) >= 11 is 6.27. The number of ketones is 1. The number of hydrogen-bond acceptors (Lipinski definition) is 5. The quantitative estimate of drug-likeness (QED) is 0.742. The molecule has 1 aromatic carbocycles. The Morgan fingerprint density at radius 2 is 2.00 bits per heavy atom. The van der Waals surface area contributed by atoms with E-state index < -0.39 is 5.92 Å². The van der Waals surface area contributed by atoms with Gasteiger partial charge in [0, 0.05) is 46.7 Å². The Bertz CT molecular complexity index is 1210. The van der Waals surface area contributed by atoms with E-state index in [0.717, 1.165) is 28.3 Å². The molecule has 0 bridgehead atoms. The zero-order chi connectivity index (χ0) is 22.7. The summed E-state index contributed by atoms with van der Waals surface area (Å²) in [5.41, 5.74) is 11.6. The number of hydrogen-bond donors (Lipinski definition) is 1. The van der Waals surface area contributed by atoms with Crippen LogP contribution in [0.1, 0.15) is 49.6 Å². The van der Waals surface area contributed by atoms with E-state index in [9.17, 15) is 10.1 Å². The summed E-state index contributed by atoms with van der Waals surface area (Å²) < 4.78 is 1.79. The second-order valence-electron chi connectivity index (χ2n) is 9.17. The van der Waals surface area contributed by atoms with Crippen LogP contribution in [-0.2, 0) is 11.8 Å². The monoisotopic (exact) mass is 435 g/mol. The highest BCUT2D eigenvalue weighted by molar-refractivity contribution is 6.30. The summed E-state index contributed by atoms with van der Waals surface area (Å²) in [7, 11) is 1.87. The van der Waals surface area contributed by atoms with E-state index in [2.05, 4.69) is 25.0 Å². The molecular formula is C24H26ClN5O. The predicted octanol–water partition coefficient (Wildman–Crippen LogP) is 4.63. The third kappa shape index (κ3) is 3.34. The first-order valence-electron chi connectivity index (χ1n) is 10.3. The van der Waals surface area contributed by atoms with E-state index >= 15 is 0 Å². The second-order valence-corrected chi connectivity index (χ2v) is 9.60. The van der Waals surface area contributed by atoms with Crippen LogP contribution in [0.2, 0.25) is 5.02 Å². The van der Waals surface area contributed by atoms with E-state index in [1.165, 1.54) is 0 Å². The first-order chi connectivity index (χ1) is 14.6. The standard InChI is InChI=1S/C24H26ClN5O/c1-13-20(14(2)29(5)28-13)21-17(12-26)23(27)30(16-8-6-7-15(25)9-16)18-10-24(3,4)11-19(31)22(18)21/h6-9,21H,10-11,27H2,1-5H3. The van der Waals surface area contributed by atoms with Crippen LogP contribution >= 0.6 is 11.6 Å². The number of Topliss-reactive ketones (excluding diaryl/α,β-unsaturated/α-hetero) is 1. The maximum absolute atomic E-state index is 13.6. The number of carbonyl (C=O) groups is 1. The number of rotatable bonds is 2. The molecule has 1 aliphatic heterocycles. The predicted molar refractivity (Wildman–Crippen MR) is 121 cm³/mol. The molecule has 0 fully saturated rings. The lowest BCUT2D eigenvalue weighted by Crippen LogP contribution is -2.42. The number of nitrogens with zero attached hydrogens (tertiary/aromatic N) is 4. The van der Waals surface area contributed by atoms with Crippen molar-refractivity contribution in [2.75, 3.05) is 4.90 Å². The van der Waals surface area contributed by atoms with Gasteiger partial charge in [-0.1, -0.05) is 31.5 Å². The lowest BCUT2D eigenvalue weighted by atomic mass is 9.68. The number of aromatic nitrogens is 2. The number of nitrogens with two attached hydrogens (primary N) is 1. The maximum atomic E-state index is 13.6. The summed E-state index contributed by atoms with van der Waals surface area (Å²) in [5, 5.41) is 15.3. The zero-order valence-corrected chi connectivity index (χ0v) is 19.2. The number of aryl methyl sites for hydroxylation is 2. The van der Waals surface area contributed by atoms with Gasteiger partial charge in [0.1, 0.15) is 5.82 Å². The van der Waals surface area contributed by atoms with Gasteiger partial charge in [0.2, 0.25) is 0 Å². The molecular weight excluding hydrogens is 410 g/mol. The molecule has 6 nitrogen and oxygen atoms in total. The lowest BCUT2D eigenvalue weighted by molar-refractivity contribution is -0.118. The van der Waals surface area contributed by atoms with E-state index in [4.69, 9.17) is 17.3 Å². The van der Waals surface area contributed by atoms with Gasteiger partial charge in [-0.15, -0.1) is 0 Å². The average Bonchev–Trinajstić information content (AvgIpc) is 2.91. The molecule has 0 saturated carbocycles. The average molecular weight is 436 g/mol. The van der Waals surface area contributed by atoms with Crippen molar-refractivity contribution >= 4 is 23.1 Å². The van der Waals surface area contributed by atoms with Crippen molar-refractivity contribution in [3.05, 3.63) is 68.9 Å². The van der Waals surface area contributed by atoms with Gasteiger partial charge < -0.3 is 5.73 Å². The Balaban J connectivity index is 2.06. The fourth-order valence-electron chi connectivity index (χ4n) is 4.92. The Morgan fingerprint density at radius 1 is 1.29 bits per heavy atom. The van der Waals surface area contributed by atoms with Crippen LogP contribution in [-0.4, -0.2) is 15.6 Å². The van der Waals surface area contributed by atoms with Gasteiger partial charge >= 0.3 is 0 Å². The van der Waals surface area contributed by atoms with E-state index in [0.29, 0.717) is 34.8 Å². The van der Waals surface area contributed by atoms with Crippen LogP contribution < -0.4 is 10.6 Å². The number of anilines is 1. The third-order valence-corrected chi connectivity index (χ3v) is 6.54. The maximum Gasteiger partial charge on any atom is 0.162 e. The first-order valence-corrected chi connectivity index (χ1v) is 10.7. The lowest BCUT2D eigenvalue weighted by Gasteiger charge is -2.43. The van der Waals surface area contributed by atoms with Gasteiger partial charge in [-0.25, -0.2) is 0 Å². The molecule has 2 aromatic rings. The highest BCUT2D eigenvalue weighted by Crippen LogP contribution is 2.51. The van der Waals surface area contributed by atoms with Gasteiger partial charge in [0.05, 0.1) is 23.3 Å². The summed E-state index contributed by atoms with van der Waals surface area (Å²) in [4.78, 5) is 15.4. The van der Waals surface area contributed by atoms with Crippen molar-refractivity contribution in [1.82, 2.24) is 9.78 Å². The fourth-order valence-corrected chi connectivity index (χ4v) is 5.10. The molecule has 0 spiro atoms. The van der Waals surface area contributed by atoms with Crippen molar-refractivity contribution in [1.29, 1.82) is 5.26 Å². The minimum atomic E-state index is -0.521. The number of allylic oxidation sites excluding steroid dienone is 3. The van der Waals surface area contributed by atoms with Crippen LogP contribution in [0, 0.1) is 30.6 Å². The molecule has 4 rings (SSSR count). The first kappa shape index (κ1) is 21.2. The van der Waals surface area contributed by atoms with Crippen molar-refractivity contribution in [3.63, 3.8) is 0 Å². The fraction of sp³-hybridized carbons (Fsp3) is 0.375. The van der Waals surface area contributed by atoms with Crippen molar-refractivity contribution < 1.29 is 4.79 Å². The Kier molecular flexibility index (Phi) is 4.98. The summed E-state index contributed by atoms with van der Waals surface area (Å²) in [6, 6.07) is 9.64. The highest BCUT2D eigenvalue weighted by atomic mass is 35.5. The second kappa shape index (κ2) is 7.28. The molecule has 0 saturated heterocycles. The molecule has 0 amide bonds. The number of benzene rings is 1. The minimum absolute atomic E-state index is 0.0474. The van der Waals surface area contributed by atoms with Gasteiger partial charge in [0.15, 0.2) is 5.78 Å². The highest BCUT2D eigenvalue weighted by Gasteiger charge is 2.46. The molecule has 160 valence electrons. The SMILES string of the molecule is Cc1nn(C)c(C)c1C1C(C#N)=C(N)N(c2cccc(Cl)c2)C2=C1C(=O)CC(C)(C)C2. The van der Waals surface area contributed by atoms with Crippen LogP contribution in [0.25, 0.3) is 0 Å². The molecule has 1 atom stereocenters. The number of halogens is 1. The smallest absolute Gasteiger partial charge is 0.162 e. The van der Waals surface area contributed by atoms with E-state index in [1.54, 1.807) is 16.8 Å². The topological polar surface area (TPSA) is 87.9 Å². The Morgan fingerprint density at radius 3 is 2.58 bits per heavy atom. The normalized spacial score (nSPS) is 20.7. The van der Waals surface area contributed by atoms with Crippen LogP contribution in [0.4, 0.5) is 5.69 Å². The molecule has 1 unspecified atom stereocenters. The molecule has 2 heterocycles. The Labute approximate surface area is 187 Å². The molecule has 2 N–H and O–H groups in total. The largest absolute Gasteiger partial charge is 0.384 e. The Hall–Kier alpha value is -3.04. The minimum Gasteiger partial charge on any atom is -0.384 e. The molecule has 31 heavy (non-hydrogen) atoms. The molecule has 7 heteroatoms. The summed E-state index contributed by atoms with van der Waals surface area (Å²) in [5.74, 6) is -0.138. The van der Waals surface area contributed by atoms with Crippen LogP contribution in [0.15, 0.2) is 46.9 Å². The molecule has 2 aliphatic rings. The molecule has 0 radical (unpaired) electrons. The molecule has 1 aliphatic carbocycles. The zero-order valence-electron chi connectivity index (χ0n) is 18.5. The molecule has 1 aromatic heterocycles. The third-order valence-electron chi connectivity index (χ3n) is 6.30. The van der Waals surface area contributed by atoms with Gasteiger partial charge in [-0.3, -0.25) is 14.4 Å². The van der Waals surface area contributed by atoms with Crippen LogP contribution in [0.5, 0.6) is 0 Å². The van der Waals surface area contributed by atoms with Gasteiger partial charge in [-0.05, 0) is 43.9 Å². The van der Waals surface area contributed by atoms with E-state index in [1.807, 2.05) is 37.9 Å². The van der Waals surface area contributed by atoms with Crippen molar-refractivity contribution in [2.24, 2.45) is 18.2 Å². The van der Waals surface area contributed by atoms with Gasteiger partial charge in [0.25, 0.3) is 0 Å². The number of nitriles is 1. The van der Waals surface area contributed by atoms with Crippen molar-refractivity contribution in [3.8, 4) is 6.07 Å². The van der Waals surface area contributed by atoms with Crippen molar-refractivity contribution in [2.45, 2.75) is 46.5 Å². The summed E-state index contributed by atoms with van der Waals surface area (Å²) in [6.45, 7) is 8.04.